The van der Waals surface area contributed by atoms with E-state index in [1.54, 1.807) is 23.9 Å². The zero-order valence-corrected chi connectivity index (χ0v) is 32.3. The van der Waals surface area contributed by atoms with Crippen molar-refractivity contribution in [3.8, 4) is 0 Å². The summed E-state index contributed by atoms with van der Waals surface area (Å²) in [7, 11) is -0.657. The molecular formula is C39H49N7O5S2. The number of anilines is 3. The van der Waals surface area contributed by atoms with Crippen molar-refractivity contribution in [2.75, 3.05) is 68.1 Å². The molecule has 0 aromatic heterocycles. The molecule has 5 rings (SSSR count). The van der Waals surface area contributed by atoms with Gasteiger partial charge in [-0.15, -0.1) is 11.8 Å². The number of rotatable bonds is 17. The van der Waals surface area contributed by atoms with Gasteiger partial charge in [-0.1, -0.05) is 42.5 Å². The third kappa shape index (κ3) is 11.2. The van der Waals surface area contributed by atoms with Crippen LogP contribution < -0.4 is 20.3 Å². The van der Waals surface area contributed by atoms with Gasteiger partial charge in [-0.25, -0.2) is 13.1 Å². The molecule has 282 valence electrons. The number of thioether (sulfide) groups is 1. The summed E-state index contributed by atoms with van der Waals surface area (Å²) < 4.78 is 29.7. The molecular weight excluding hydrogens is 711 g/mol. The van der Waals surface area contributed by atoms with E-state index in [2.05, 4.69) is 57.2 Å². The summed E-state index contributed by atoms with van der Waals surface area (Å²) >= 11 is 1.57. The van der Waals surface area contributed by atoms with E-state index < -0.39 is 20.9 Å². The standard InChI is InChI=1S/C39H49N7O5S2/c1-29(2)40-35-14-9-8-11-31(35)27-44-23-25-45(26-24-44)33-19-17-30(18-20-33)39(47)42-53(50,51)37-16-10-15-36(46(48)49)38(37)41-32(21-22-43(3)4)28-52-34-12-6-5-7-13-34/h5-20,29,32,40-41H,21-28H2,1-4H3,(H,42,47)/t32-/m1/s1. The van der Waals surface area contributed by atoms with Crippen LogP contribution >= 0.6 is 11.8 Å². The van der Waals surface area contributed by atoms with Crippen molar-refractivity contribution in [1.29, 1.82) is 0 Å². The maximum absolute atomic E-state index is 13.8. The van der Waals surface area contributed by atoms with E-state index in [4.69, 9.17) is 0 Å². The molecule has 12 nitrogen and oxygen atoms in total. The highest BCUT2D eigenvalue weighted by Crippen LogP contribution is 2.34. The number of piperazine rings is 1. The van der Waals surface area contributed by atoms with Crippen LogP contribution in [0.15, 0.2) is 107 Å². The second-order valence-corrected chi connectivity index (χ2v) is 16.4. The minimum absolute atomic E-state index is 0.149. The first-order valence-corrected chi connectivity index (χ1v) is 20.2. The average molecular weight is 760 g/mol. The van der Waals surface area contributed by atoms with Crippen molar-refractivity contribution in [3.63, 3.8) is 0 Å². The van der Waals surface area contributed by atoms with Gasteiger partial charge in [0.25, 0.3) is 21.6 Å². The first-order chi connectivity index (χ1) is 25.4. The lowest BCUT2D eigenvalue weighted by atomic mass is 10.1. The minimum atomic E-state index is -4.52. The first-order valence-electron chi connectivity index (χ1n) is 17.7. The molecule has 53 heavy (non-hydrogen) atoms. The number of carbonyl (C=O) groups is 1. The molecule has 0 radical (unpaired) electrons. The number of nitrogens with zero attached hydrogens (tertiary/aromatic N) is 4. The molecule has 1 aliphatic rings. The molecule has 0 spiro atoms. The number of para-hydroxylation sites is 2. The van der Waals surface area contributed by atoms with Gasteiger partial charge in [0, 0.05) is 78.5 Å². The van der Waals surface area contributed by atoms with Gasteiger partial charge in [0.2, 0.25) is 0 Å². The molecule has 0 saturated carbocycles. The molecule has 1 atom stereocenters. The highest BCUT2D eigenvalue weighted by molar-refractivity contribution is 7.99. The Morgan fingerprint density at radius 3 is 2.23 bits per heavy atom. The third-order valence-corrected chi connectivity index (χ3v) is 11.5. The highest BCUT2D eigenvalue weighted by Gasteiger charge is 2.30. The number of nitrogens with one attached hydrogen (secondary N) is 3. The lowest BCUT2D eigenvalue weighted by molar-refractivity contribution is -0.384. The quantitative estimate of drug-likeness (QED) is 0.0628. The zero-order chi connectivity index (χ0) is 38.0. The monoisotopic (exact) mass is 759 g/mol. The fraction of sp³-hybridized carbons (Fsp3) is 0.359. The summed E-state index contributed by atoms with van der Waals surface area (Å²) in [5.41, 5.74) is 2.98. The minimum Gasteiger partial charge on any atom is -0.383 e. The summed E-state index contributed by atoms with van der Waals surface area (Å²) in [4.78, 5) is 32.2. The fourth-order valence-corrected chi connectivity index (χ4v) is 8.30. The first kappa shape index (κ1) is 39.6. The van der Waals surface area contributed by atoms with Crippen LogP contribution in [-0.4, -0.2) is 93.7 Å². The van der Waals surface area contributed by atoms with Crippen LogP contribution in [-0.2, 0) is 16.6 Å². The Labute approximate surface area is 317 Å². The Morgan fingerprint density at radius 1 is 0.887 bits per heavy atom. The SMILES string of the molecule is CC(C)Nc1ccccc1CN1CCN(c2ccc(C(=O)NS(=O)(=O)c3cccc([N+](=O)[O-])c3N[C@H](CCN(C)C)CSc3ccccc3)cc2)CC1. The van der Waals surface area contributed by atoms with Gasteiger partial charge < -0.3 is 20.4 Å². The van der Waals surface area contributed by atoms with Gasteiger partial charge >= 0.3 is 0 Å². The number of nitro benzene ring substituents is 1. The summed E-state index contributed by atoms with van der Waals surface area (Å²) in [6.07, 6.45) is 0.593. The van der Waals surface area contributed by atoms with Crippen molar-refractivity contribution < 1.29 is 18.1 Å². The van der Waals surface area contributed by atoms with Crippen LogP contribution in [0.25, 0.3) is 0 Å². The van der Waals surface area contributed by atoms with E-state index in [0.717, 1.165) is 49.0 Å². The number of benzene rings is 4. The Morgan fingerprint density at radius 2 is 1.57 bits per heavy atom. The van der Waals surface area contributed by atoms with Gasteiger partial charge in [0.1, 0.15) is 10.6 Å². The molecule has 3 N–H and O–H groups in total. The number of nitro groups is 1. The van der Waals surface area contributed by atoms with E-state index in [-0.39, 0.29) is 27.9 Å². The predicted molar refractivity (Wildman–Crippen MR) is 215 cm³/mol. The molecule has 1 saturated heterocycles. The van der Waals surface area contributed by atoms with Gasteiger partial charge in [0.15, 0.2) is 0 Å². The Kier molecular flexibility index (Phi) is 13.8. The molecule has 0 bridgehead atoms. The largest absolute Gasteiger partial charge is 0.383 e. The molecule has 1 fully saturated rings. The van der Waals surface area contributed by atoms with Crippen LogP contribution in [0.2, 0.25) is 0 Å². The molecule has 4 aromatic carbocycles. The summed E-state index contributed by atoms with van der Waals surface area (Å²) in [6.45, 7) is 9.14. The van der Waals surface area contributed by atoms with Crippen LogP contribution in [0, 0.1) is 10.1 Å². The number of amides is 1. The Balaban J connectivity index is 1.25. The van der Waals surface area contributed by atoms with Gasteiger partial charge in [-0.2, -0.15) is 0 Å². The van der Waals surface area contributed by atoms with Crippen molar-refractivity contribution in [2.45, 2.75) is 48.7 Å². The normalized spacial score (nSPS) is 14.3. The van der Waals surface area contributed by atoms with E-state index in [9.17, 15) is 23.3 Å². The summed E-state index contributed by atoms with van der Waals surface area (Å²) in [6, 6.07) is 28.9. The van der Waals surface area contributed by atoms with Gasteiger partial charge in [0.05, 0.1) is 4.92 Å². The average Bonchev–Trinajstić information content (AvgIpc) is 3.13. The topological polar surface area (TPSA) is 140 Å². The van der Waals surface area contributed by atoms with Crippen molar-refractivity contribution in [3.05, 3.63) is 118 Å². The van der Waals surface area contributed by atoms with Crippen LogP contribution in [0.5, 0.6) is 0 Å². The van der Waals surface area contributed by atoms with Crippen molar-refractivity contribution in [1.82, 2.24) is 14.5 Å². The Hall–Kier alpha value is -4.63. The second-order valence-electron chi connectivity index (χ2n) is 13.7. The lowest BCUT2D eigenvalue weighted by Gasteiger charge is -2.36. The predicted octanol–water partition coefficient (Wildman–Crippen LogP) is 6.38. The number of hydrogen-bond donors (Lipinski definition) is 3. The number of hydrogen-bond acceptors (Lipinski definition) is 11. The van der Waals surface area contributed by atoms with E-state index >= 15 is 0 Å². The van der Waals surface area contributed by atoms with Gasteiger partial charge in [-0.3, -0.25) is 19.8 Å². The maximum Gasteiger partial charge on any atom is 0.293 e. The molecule has 4 aromatic rings. The molecule has 0 aliphatic carbocycles. The van der Waals surface area contributed by atoms with Crippen LogP contribution in [0.4, 0.5) is 22.7 Å². The van der Waals surface area contributed by atoms with Crippen molar-refractivity contribution in [2.24, 2.45) is 0 Å². The lowest BCUT2D eigenvalue weighted by Crippen LogP contribution is -2.46. The zero-order valence-electron chi connectivity index (χ0n) is 30.7. The summed E-state index contributed by atoms with van der Waals surface area (Å²) in [5.74, 6) is -0.294. The molecule has 1 amide bonds. The highest BCUT2D eigenvalue weighted by atomic mass is 32.2. The molecule has 1 heterocycles. The fourth-order valence-electron chi connectivity index (χ4n) is 6.14. The second kappa shape index (κ2) is 18.4. The third-order valence-electron chi connectivity index (χ3n) is 8.91. The van der Waals surface area contributed by atoms with E-state index in [0.29, 0.717) is 24.8 Å². The Bertz CT molecular complexity index is 1940. The van der Waals surface area contributed by atoms with Gasteiger partial charge in [-0.05, 0) is 95.0 Å². The van der Waals surface area contributed by atoms with Crippen LogP contribution in [0.3, 0.4) is 0 Å². The smallest absolute Gasteiger partial charge is 0.293 e. The number of sulfonamides is 1. The van der Waals surface area contributed by atoms with Crippen molar-refractivity contribution >= 4 is 50.4 Å². The molecule has 14 heteroatoms. The maximum atomic E-state index is 13.8. The van der Waals surface area contributed by atoms with Crippen LogP contribution in [0.1, 0.15) is 36.2 Å². The molecule has 0 unspecified atom stereocenters. The summed E-state index contributed by atoms with van der Waals surface area (Å²) in [5, 5.41) is 18.9. The molecule has 1 aliphatic heterocycles. The number of carbonyl (C=O) groups excluding carboxylic acids is 1. The van der Waals surface area contributed by atoms with E-state index in [1.165, 1.54) is 23.8 Å². The van der Waals surface area contributed by atoms with E-state index in [1.807, 2.05) is 67.5 Å².